The van der Waals surface area contributed by atoms with Crippen molar-refractivity contribution in [2.75, 3.05) is 23.7 Å². The second kappa shape index (κ2) is 11.7. The Labute approximate surface area is 238 Å². The van der Waals surface area contributed by atoms with Crippen molar-refractivity contribution in [3.63, 3.8) is 0 Å². The number of halogens is 2. The largest absolute Gasteiger partial charge is 0.370 e. The molecule has 0 fully saturated rings. The first-order valence-corrected chi connectivity index (χ1v) is 13.8. The van der Waals surface area contributed by atoms with Crippen LogP contribution in [0.2, 0.25) is 10.0 Å². The second-order valence-electron chi connectivity index (χ2n) is 9.55. The molecule has 39 heavy (non-hydrogen) atoms. The Balaban J connectivity index is 1.41. The van der Waals surface area contributed by atoms with Gasteiger partial charge in [0.2, 0.25) is 0 Å². The fourth-order valence-corrected chi connectivity index (χ4v) is 5.44. The maximum absolute atomic E-state index is 13.9. The van der Waals surface area contributed by atoms with Crippen molar-refractivity contribution < 1.29 is 9.59 Å². The summed E-state index contributed by atoms with van der Waals surface area (Å²) in [5.41, 5.74) is 5.65. The van der Waals surface area contributed by atoms with Gasteiger partial charge >= 0.3 is 0 Å². The molecule has 3 aromatic carbocycles. The van der Waals surface area contributed by atoms with Crippen LogP contribution in [0.4, 0.5) is 11.4 Å². The molecular formula is C31H30Cl2N4O2. The van der Waals surface area contributed by atoms with Crippen LogP contribution < -0.4 is 10.6 Å². The molecule has 0 spiro atoms. The molecule has 1 atom stereocenters. The fraction of sp³-hybridized carbons (Fsp3) is 0.226. The van der Waals surface area contributed by atoms with Gasteiger partial charge in [0, 0.05) is 46.4 Å². The number of benzene rings is 3. The summed E-state index contributed by atoms with van der Waals surface area (Å²) in [6.45, 7) is 7.76. The van der Waals surface area contributed by atoms with Gasteiger partial charge in [-0.3, -0.25) is 14.5 Å². The topological polar surface area (TPSA) is 66.4 Å². The van der Waals surface area contributed by atoms with Crippen LogP contribution in [0.5, 0.6) is 0 Å². The van der Waals surface area contributed by atoms with Crippen LogP contribution in [-0.4, -0.2) is 34.2 Å². The Kier molecular flexibility index (Phi) is 8.07. The number of hydrogen-bond acceptors (Lipinski definition) is 4. The summed E-state index contributed by atoms with van der Waals surface area (Å²) in [6.07, 6.45) is 0. The number of Topliss-reactive ketones (excluding diaryl/α,β-unsaturated/α-hetero) is 1. The van der Waals surface area contributed by atoms with Crippen molar-refractivity contribution in [3.05, 3.63) is 117 Å². The van der Waals surface area contributed by atoms with Crippen LogP contribution >= 0.6 is 23.2 Å². The smallest absolute Gasteiger partial charge is 0.257 e. The zero-order valence-electron chi connectivity index (χ0n) is 21.9. The molecule has 0 bridgehead atoms. The van der Waals surface area contributed by atoms with Crippen molar-refractivity contribution in [1.29, 1.82) is 0 Å². The molecule has 4 aromatic rings. The predicted molar refractivity (Wildman–Crippen MR) is 158 cm³/mol. The minimum atomic E-state index is -0.549. The predicted octanol–water partition coefficient (Wildman–Crippen LogP) is 7.29. The fourth-order valence-electron chi connectivity index (χ4n) is 4.94. The second-order valence-corrected chi connectivity index (χ2v) is 10.4. The summed E-state index contributed by atoms with van der Waals surface area (Å²) in [5.74, 6) is -0.393. The number of aromatic nitrogens is 1. The van der Waals surface area contributed by atoms with E-state index in [1.165, 1.54) is 11.8 Å². The lowest BCUT2D eigenvalue weighted by molar-refractivity contribution is 0.0966. The Morgan fingerprint density at radius 3 is 2.44 bits per heavy atom. The molecular weight excluding hydrogens is 531 g/mol. The molecule has 0 saturated carbocycles. The van der Waals surface area contributed by atoms with E-state index >= 15 is 0 Å². The van der Waals surface area contributed by atoms with Crippen LogP contribution in [0.3, 0.4) is 0 Å². The van der Waals surface area contributed by atoms with Gasteiger partial charge < -0.3 is 15.2 Å². The van der Waals surface area contributed by atoms with Crippen LogP contribution in [-0.2, 0) is 13.1 Å². The molecule has 2 N–H and O–H groups in total. The Morgan fingerprint density at radius 2 is 1.72 bits per heavy atom. The highest BCUT2D eigenvalue weighted by molar-refractivity contribution is 6.37. The molecule has 8 heteroatoms. The van der Waals surface area contributed by atoms with E-state index in [4.69, 9.17) is 23.2 Å². The molecule has 200 valence electrons. The van der Waals surface area contributed by atoms with E-state index < -0.39 is 6.04 Å². The normalized spacial score (nSPS) is 14.2. The van der Waals surface area contributed by atoms with Crippen LogP contribution in [0.15, 0.2) is 78.9 Å². The van der Waals surface area contributed by atoms with Crippen molar-refractivity contribution >= 4 is 46.3 Å². The SMILES string of the molecule is CCN(CC)Cc1ccc2n1Cc1ccccc1NC2C(=O)c1ccc(NC(=O)c2ccc(Cl)cc2Cl)cc1. The summed E-state index contributed by atoms with van der Waals surface area (Å²) < 4.78 is 2.27. The molecule has 2 heterocycles. The van der Waals surface area contributed by atoms with E-state index in [1.54, 1.807) is 36.4 Å². The lowest BCUT2D eigenvalue weighted by Crippen LogP contribution is -2.25. The van der Waals surface area contributed by atoms with E-state index in [1.807, 2.05) is 18.2 Å². The number of nitrogens with zero attached hydrogens (tertiary/aromatic N) is 2. The number of carbonyl (C=O) groups is 2. The first kappa shape index (κ1) is 27.0. The minimum absolute atomic E-state index is 0.0425. The van der Waals surface area contributed by atoms with Gasteiger partial charge in [0.15, 0.2) is 5.78 Å². The van der Waals surface area contributed by atoms with Gasteiger partial charge in [0.1, 0.15) is 6.04 Å². The average Bonchev–Trinajstić information content (AvgIpc) is 3.23. The van der Waals surface area contributed by atoms with E-state index in [9.17, 15) is 9.59 Å². The first-order chi connectivity index (χ1) is 18.9. The number of hydrogen-bond donors (Lipinski definition) is 2. The quantitative estimate of drug-likeness (QED) is 0.222. The number of para-hydroxylation sites is 1. The van der Waals surface area contributed by atoms with Crippen molar-refractivity contribution in [1.82, 2.24) is 9.47 Å². The van der Waals surface area contributed by atoms with E-state index in [0.717, 1.165) is 36.6 Å². The maximum Gasteiger partial charge on any atom is 0.257 e. The minimum Gasteiger partial charge on any atom is -0.370 e. The summed E-state index contributed by atoms with van der Waals surface area (Å²) in [7, 11) is 0. The zero-order valence-corrected chi connectivity index (χ0v) is 23.4. The van der Waals surface area contributed by atoms with E-state index in [0.29, 0.717) is 28.4 Å². The number of rotatable bonds is 8. The van der Waals surface area contributed by atoms with Crippen LogP contribution in [0.25, 0.3) is 0 Å². The van der Waals surface area contributed by atoms with Gasteiger partial charge in [-0.25, -0.2) is 0 Å². The number of amides is 1. The van der Waals surface area contributed by atoms with Crippen LogP contribution in [0.1, 0.15) is 57.6 Å². The summed E-state index contributed by atoms with van der Waals surface area (Å²) in [4.78, 5) is 29.0. The summed E-state index contributed by atoms with van der Waals surface area (Å²) in [6, 6.07) is 23.4. The van der Waals surface area contributed by atoms with Gasteiger partial charge in [-0.15, -0.1) is 0 Å². The molecule has 0 radical (unpaired) electrons. The van der Waals surface area contributed by atoms with E-state index in [-0.39, 0.29) is 16.7 Å². The molecule has 0 aliphatic carbocycles. The molecule has 1 unspecified atom stereocenters. The lowest BCUT2D eigenvalue weighted by atomic mass is 10.0. The molecule has 6 nitrogen and oxygen atoms in total. The highest BCUT2D eigenvalue weighted by atomic mass is 35.5. The van der Waals surface area contributed by atoms with Crippen molar-refractivity contribution in [2.45, 2.75) is 33.0 Å². The van der Waals surface area contributed by atoms with Gasteiger partial charge in [-0.05, 0) is 79.3 Å². The Morgan fingerprint density at radius 1 is 0.974 bits per heavy atom. The van der Waals surface area contributed by atoms with Gasteiger partial charge in [0.25, 0.3) is 5.91 Å². The molecule has 1 aliphatic rings. The third-order valence-electron chi connectivity index (χ3n) is 7.19. The average molecular weight is 562 g/mol. The van der Waals surface area contributed by atoms with E-state index in [2.05, 4.69) is 52.1 Å². The third kappa shape index (κ3) is 5.74. The molecule has 5 rings (SSSR count). The summed E-state index contributed by atoms with van der Waals surface area (Å²) in [5, 5.41) is 7.07. The Bertz CT molecular complexity index is 1510. The van der Waals surface area contributed by atoms with Gasteiger partial charge in [0.05, 0.1) is 10.6 Å². The maximum atomic E-state index is 13.9. The monoisotopic (exact) mass is 560 g/mol. The number of fused-ring (bicyclic) bond motifs is 2. The lowest BCUT2D eigenvalue weighted by Gasteiger charge is -2.21. The van der Waals surface area contributed by atoms with Crippen molar-refractivity contribution in [2.24, 2.45) is 0 Å². The summed E-state index contributed by atoms with van der Waals surface area (Å²) >= 11 is 12.1. The van der Waals surface area contributed by atoms with Gasteiger partial charge in [-0.1, -0.05) is 55.2 Å². The Hall–Kier alpha value is -3.58. The van der Waals surface area contributed by atoms with Gasteiger partial charge in [-0.2, -0.15) is 0 Å². The number of anilines is 2. The number of ketones is 1. The molecule has 1 aliphatic heterocycles. The molecule has 1 amide bonds. The van der Waals surface area contributed by atoms with Crippen molar-refractivity contribution in [3.8, 4) is 0 Å². The number of nitrogens with one attached hydrogen (secondary N) is 2. The standard InChI is InChI=1S/C31H30Cl2N4O2/c1-3-36(4-2)19-24-14-16-28-29(35-27-8-6-5-7-21(27)18-37(24)28)30(38)20-9-12-23(13-10-20)34-31(39)25-15-11-22(32)17-26(25)33/h5-17,29,35H,3-4,18-19H2,1-2H3,(H,34,39). The zero-order chi connectivity index (χ0) is 27.5. The van der Waals surface area contributed by atoms with Crippen LogP contribution in [0, 0.1) is 0 Å². The number of carbonyl (C=O) groups excluding carboxylic acids is 2. The first-order valence-electron chi connectivity index (χ1n) is 13.0. The third-order valence-corrected chi connectivity index (χ3v) is 7.74. The molecule has 1 aromatic heterocycles. The highest BCUT2D eigenvalue weighted by Gasteiger charge is 2.29. The molecule has 0 saturated heterocycles. The highest BCUT2D eigenvalue weighted by Crippen LogP contribution is 2.33.